The summed E-state index contributed by atoms with van der Waals surface area (Å²) < 4.78 is 0. The van der Waals surface area contributed by atoms with Crippen molar-refractivity contribution >= 4 is 29.1 Å². The molecule has 0 aliphatic carbocycles. The summed E-state index contributed by atoms with van der Waals surface area (Å²) in [4.78, 5) is 7.69. The second-order valence-corrected chi connectivity index (χ2v) is 3.75. The van der Waals surface area contributed by atoms with E-state index in [-0.39, 0.29) is 11.9 Å². The maximum Gasteiger partial charge on any atom is 0.223 e. The number of halogens is 1. The van der Waals surface area contributed by atoms with Crippen molar-refractivity contribution in [3.8, 4) is 0 Å². The molecule has 0 amide bonds. The monoisotopic (exact) mass is 219 g/mol. The van der Waals surface area contributed by atoms with Gasteiger partial charge in [-0.2, -0.15) is 0 Å². The van der Waals surface area contributed by atoms with Crippen LogP contribution in [0, 0.1) is 0 Å². The molecule has 4 nitrogen and oxygen atoms in total. The van der Waals surface area contributed by atoms with Crippen molar-refractivity contribution in [3.05, 3.63) is 11.5 Å². The van der Waals surface area contributed by atoms with E-state index in [2.05, 4.69) is 9.97 Å². The molecule has 6 heteroatoms. The summed E-state index contributed by atoms with van der Waals surface area (Å²) in [6.45, 7) is 0.172. The molecule has 3 N–H and O–H groups in total. The Morgan fingerprint density at radius 2 is 2.38 bits per heavy atom. The molecule has 1 heterocycles. The maximum absolute atomic E-state index is 8.56. The third-order valence-corrected chi connectivity index (χ3v) is 2.57. The van der Waals surface area contributed by atoms with Crippen LogP contribution in [0.25, 0.3) is 0 Å². The highest BCUT2D eigenvalue weighted by Crippen LogP contribution is 2.23. The average molecular weight is 220 g/mol. The van der Waals surface area contributed by atoms with Crippen molar-refractivity contribution < 1.29 is 5.11 Å². The zero-order chi connectivity index (χ0) is 9.68. The Morgan fingerprint density at radius 1 is 1.62 bits per heavy atom. The normalized spacial score (nSPS) is 10.3. The van der Waals surface area contributed by atoms with Gasteiger partial charge >= 0.3 is 0 Å². The fourth-order valence-corrected chi connectivity index (χ4v) is 1.72. The van der Waals surface area contributed by atoms with E-state index in [0.717, 1.165) is 5.75 Å². The number of nitrogens with two attached hydrogens (primary N) is 1. The molecule has 1 aromatic heterocycles. The number of hydrogen-bond donors (Lipinski definition) is 2. The van der Waals surface area contributed by atoms with Gasteiger partial charge in [0, 0.05) is 12.4 Å². The molecule has 0 saturated carbocycles. The van der Waals surface area contributed by atoms with Crippen LogP contribution in [0.4, 0.5) is 5.69 Å². The lowest BCUT2D eigenvalue weighted by Gasteiger charge is -2.02. The Balaban J connectivity index is 2.59. The van der Waals surface area contributed by atoms with Crippen LogP contribution in [-0.2, 0) is 0 Å². The Hall–Kier alpha value is -0.520. The average Bonchev–Trinajstić information content (AvgIpc) is 2.11. The molecule has 13 heavy (non-hydrogen) atoms. The van der Waals surface area contributed by atoms with Crippen molar-refractivity contribution in [2.24, 2.45) is 0 Å². The first kappa shape index (κ1) is 10.6. The zero-order valence-electron chi connectivity index (χ0n) is 6.90. The van der Waals surface area contributed by atoms with E-state index >= 15 is 0 Å². The van der Waals surface area contributed by atoms with Crippen LogP contribution in [0.3, 0.4) is 0 Å². The summed E-state index contributed by atoms with van der Waals surface area (Å²) in [5, 5.41) is 9.43. The van der Waals surface area contributed by atoms with Crippen molar-refractivity contribution in [3.63, 3.8) is 0 Å². The van der Waals surface area contributed by atoms with Crippen LogP contribution in [0.15, 0.2) is 11.2 Å². The van der Waals surface area contributed by atoms with Gasteiger partial charge in [0.05, 0.1) is 11.9 Å². The lowest BCUT2D eigenvalue weighted by Crippen LogP contribution is -1.95. The van der Waals surface area contributed by atoms with Crippen LogP contribution in [0.5, 0.6) is 0 Å². The van der Waals surface area contributed by atoms with E-state index < -0.39 is 0 Å². The first-order valence-corrected chi connectivity index (χ1v) is 5.12. The number of nitrogens with zero attached hydrogens (tertiary/aromatic N) is 2. The van der Waals surface area contributed by atoms with Crippen LogP contribution in [-0.4, -0.2) is 27.4 Å². The first-order valence-electron chi connectivity index (χ1n) is 3.75. The predicted octanol–water partition coefficient (Wildman–Crippen LogP) is 1.19. The third kappa shape index (κ3) is 3.38. The zero-order valence-corrected chi connectivity index (χ0v) is 8.48. The quantitative estimate of drug-likeness (QED) is 0.345. The van der Waals surface area contributed by atoms with Crippen LogP contribution in [0.2, 0.25) is 5.28 Å². The number of nitrogen functional groups attached to an aromatic ring is 1. The summed E-state index contributed by atoms with van der Waals surface area (Å²) in [5.41, 5.74) is 6.13. The van der Waals surface area contributed by atoms with Gasteiger partial charge in [0.15, 0.2) is 0 Å². The van der Waals surface area contributed by atoms with Crippen LogP contribution in [0.1, 0.15) is 6.42 Å². The van der Waals surface area contributed by atoms with Crippen molar-refractivity contribution in [1.29, 1.82) is 0 Å². The van der Waals surface area contributed by atoms with Gasteiger partial charge in [-0.25, -0.2) is 9.97 Å². The fourth-order valence-electron chi connectivity index (χ4n) is 0.704. The van der Waals surface area contributed by atoms with Gasteiger partial charge in [0.2, 0.25) is 5.28 Å². The van der Waals surface area contributed by atoms with Gasteiger partial charge in [0.1, 0.15) is 5.03 Å². The Labute approximate surface area is 85.5 Å². The number of thioether (sulfide) groups is 1. The molecular formula is C7H10ClN3OS. The highest BCUT2D eigenvalue weighted by Gasteiger charge is 2.02. The van der Waals surface area contributed by atoms with E-state index in [9.17, 15) is 0 Å². The molecule has 0 radical (unpaired) electrons. The van der Waals surface area contributed by atoms with Gasteiger partial charge in [-0.05, 0) is 18.0 Å². The van der Waals surface area contributed by atoms with Gasteiger partial charge in [0.25, 0.3) is 0 Å². The van der Waals surface area contributed by atoms with Gasteiger partial charge in [-0.1, -0.05) is 0 Å². The van der Waals surface area contributed by atoms with Gasteiger partial charge in [-0.3, -0.25) is 0 Å². The summed E-state index contributed by atoms with van der Waals surface area (Å²) >= 11 is 7.05. The molecule has 72 valence electrons. The number of rotatable bonds is 4. The van der Waals surface area contributed by atoms with Gasteiger partial charge in [-0.15, -0.1) is 11.8 Å². The molecule has 0 aromatic carbocycles. The minimum Gasteiger partial charge on any atom is -0.396 e. The predicted molar refractivity (Wildman–Crippen MR) is 53.9 cm³/mol. The third-order valence-electron chi connectivity index (χ3n) is 1.29. The minimum absolute atomic E-state index is 0.172. The van der Waals surface area contributed by atoms with E-state index in [1.807, 2.05) is 0 Å². The second kappa shape index (κ2) is 5.26. The topological polar surface area (TPSA) is 72.0 Å². The van der Waals surface area contributed by atoms with Gasteiger partial charge < -0.3 is 10.8 Å². The van der Waals surface area contributed by atoms with E-state index in [1.165, 1.54) is 18.0 Å². The molecule has 0 unspecified atom stereocenters. The SMILES string of the molecule is Nc1cnc(Cl)nc1SCCCO. The maximum atomic E-state index is 8.56. The minimum atomic E-state index is 0.172. The molecule has 0 fully saturated rings. The Morgan fingerprint density at radius 3 is 3.08 bits per heavy atom. The van der Waals surface area contributed by atoms with E-state index in [4.69, 9.17) is 22.4 Å². The molecule has 0 aliphatic rings. The highest BCUT2D eigenvalue weighted by atomic mass is 35.5. The number of aliphatic hydroxyl groups excluding tert-OH is 1. The lowest BCUT2D eigenvalue weighted by molar-refractivity contribution is 0.296. The molecule has 0 spiro atoms. The van der Waals surface area contributed by atoms with Crippen molar-refractivity contribution in [2.75, 3.05) is 18.1 Å². The molecule has 0 bridgehead atoms. The summed E-state index contributed by atoms with van der Waals surface area (Å²) in [6.07, 6.45) is 2.20. The summed E-state index contributed by atoms with van der Waals surface area (Å²) in [7, 11) is 0. The summed E-state index contributed by atoms with van der Waals surface area (Å²) in [5.74, 6) is 0.772. The van der Waals surface area contributed by atoms with Crippen molar-refractivity contribution in [2.45, 2.75) is 11.4 Å². The first-order chi connectivity index (χ1) is 6.24. The molecule has 1 rings (SSSR count). The largest absolute Gasteiger partial charge is 0.396 e. The number of hydrogen-bond acceptors (Lipinski definition) is 5. The van der Waals surface area contributed by atoms with Crippen molar-refractivity contribution in [1.82, 2.24) is 9.97 Å². The molecular weight excluding hydrogens is 210 g/mol. The molecule has 0 aliphatic heterocycles. The second-order valence-electron chi connectivity index (χ2n) is 2.33. The smallest absolute Gasteiger partial charge is 0.223 e. The fraction of sp³-hybridized carbons (Fsp3) is 0.429. The number of anilines is 1. The number of aromatic nitrogens is 2. The molecule has 0 saturated heterocycles. The van der Waals surface area contributed by atoms with Crippen LogP contribution >= 0.6 is 23.4 Å². The number of aliphatic hydroxyl groups is 1. The van der Waals surface area contributed by atoms with E-state index in [1.54, 1.807) is 0 Å². The molecule has 0 atom stereocenters. The highest BCUT2D eigenvalue weighted by molar-refractivity contribution is 7.99. The lowest BCUT2D eigenvalue weighted by atomic mass is 10.5. The van der Waals surface area contributed by atoms with E-state index in [0.29, 0.717) is 17.1 Å². The standard InChI is InChI=1S/C7H10ClN3OS/c8-7-10-4-5(9)6(11-7)13-3-1-2-12/h4,12H,1-3,9H2. The molecule has 1 aromatic rings. The van der Waals surface area contributed by atoms with Crippen LogP contribution < -0.4 is 5.73 Å². The Kier molecular flexibility index (Phi) is 4.27. The Bertz CT molecular complexity index is 284. The summed E-state index contributed by atoms with van der Waals surface area (Å²) in [6, 6.07) is 0.